The number of carbonyl (C=O) groups is 2. The summed E-state index contributed by atoms with van der Waals surface area (Å²) in [7, 11) is 0. The molecule has 0 aliphatic carbocycles. The fourth-order valence-corrected chi connectivity index (χ4v) is 12.4. The lowest BCUT2D eigenvalue weighted by molar-refractivity contribution is -0.143. The maximum atomic E-state index is 12.5. The van der Waals surface area contributed by atoms with Crippen molar-refractivity contribution in [1.82, 2.24) is 5.32 Å². The third-order valence-corrected chi connectivity index (χ3v) is 18.4. The van der Waals surface area contributed by atoms with Gasteiger partial charge in [0, 0.05) is 12.8 Å². The number of esters is 1. The maximum Gasteiger partial charge on any atom is 0.305 e. The first kappa shape index (κ1) is 84.1. The normalized spacial score (nSPS) is 12.7. The zero-order valence-electron chi connectivity index (χ0n) is 58.3. The van der Waals surface area contributed by atoms with Gasteiger partial charge in [0.05, 0.1) is 25.4 Å². The van der Waals surface area contributed by atoms with Gasteiger partial charge >= 0.3 is 5.97 Å². The van der Waals surface area contributed by atoms with Crippen molar-refractivity contribution in [2.45, 2.75) is 450 Å². The second-order valence-electron chi connectivity index (χ2n) is 27.0. The molecule has 2 unspecified atom stereocenters. The first-order valence-corrected chi connectivity index (χ1v) is 39.3. The fraction of sp³-hybridized carbons (Fsp3) is 0.900. The summed E-state index contributed by atoms with van der Waals surface area (Å²) in [5.74, 6) is -0.0406. The molecule has 6 nitrogen and oxygen atoms in total. The predicted octanol–water partition coefficient (Wildman–Crippen LogP) is 25.8. The highest BCUT2D eigenvalue weighted by atomic mass is 16.5. The summed E-state index contributed by atoms with van der Waals surface area (Å²) in [4.78, 5) is 24.6. The molecule has 0 aromatic carbocycles. The van der Waals surface area contributed by atoms with E-state index in [-0.39, 0.29) is 18.5 Å². The summed E-state index contributed by atoms with van der Waals surface area (Å²) >= 11 is 0. The molecule has 0 aliphatic rings. The van der Waals surface area contributed by atoms with E-state index in [0.717, 1.165) is 44.9 Å². The smallest absolute Gasteiger partial charge is 0.305 e. The molecule has 0 aliphatic heterocycles. The highest BCUT2D eigenvalue weighted by Gasteiger charge is 2.18. The molecule has 0 heterocycles. The van der Waals surface area contributed by atoms with Crippen LogP contribution >= 0.6 is 0 Å². The summed E-state index contributed by atoms with van der Waals surface area (Å²) in [6.45, 7) is 4.90. The fourth-order valence-electron chi connectivity index (χ4n) is 12.4. The Bertz CT molecular complexity index is 1390. The van der Waals surface area contributed by atoms with Gasteiger partial charge in [-0.05, 0) is 64.2 Å². The van der Waals surface area contributed by atoms with E-state index in [0.29, 0.717) is 19.4 Å². The third-order valence-electron chi connectivity index (χ3n) is 18.4. The zero-order valence-corrected chi connectivity index (χ0v) is 58.3. The van der Waals surface area contributed by atoms with Crippen molar-refractivity contribution in [1.29, 1.82) is 0 Å². The van der Waals surface area contributed by atoms with Crippen LogP contribution in [0.3, 0.4) is 0 Å². The summed E-state index contributed by atoms with van der Waals surface area (Å²) in [5.41, 5.74) is 0. The monoisotopic (exact) mass is 1210 g/mol. The highest BCUT2D eigenvalue weighted by Crippen LogP contribution is 2.20. The summed E-state index contributed by atoms with van der Waals surface area (Å²) in [6.07, 6.45) is 98.6. The van der Waals surface area contributed by atoms with Crippen molar-refractivity contribution < 1.29 is 24.5 Å². The molecule has 0 spiro atoms. The SMILES string of the molecule is CCCCC/C=C\C/C=C\CCCCCCCCCCCC(=O)OCCCCCCCCCCCCCCCCCCCCCCCCCCCCCCCCCCCCCCCCCC(=O)NC(CO)C(O)/C=C/CCCCCCCCCCC. The standard InChI is InChI=1S/C80H153NO5/c1-3-5-7-9-11-13-15-16-17-18-40-44-47-50-54-58-62-66-70-74-80(85)86-75-71-67-63-59-55-51-48-45-42-39-37-35-33-31-29-27-25-23-21-19-20-22-24-26-28-30-32-34-36-38-41-43-46-49-53-57-61-65-69-73-79(84)81-77(76-82)78(83)72-68-64-60-56-52-14-12-10-8-6-4-2/h11,13,16-17,68,72,77-78,82-83H,3-10,12,14-15,18-67,69-71,73-76H2,1-2H3,(H,81,84)/b13-11-,17-16-,72-68+. The van der Waals surface area contributed by atoms with Gasteiger partial charge in [0.25, 0.3) is 0 Å². The molecule has 1 amide bonds. The maximum absolute atomic E-state index is 12.5. The van der Waals surface area contributed by atoms with Crippen LogP contribution in [0.25, 0.3) is 0 Å². The van der Waals surface area contributed by atoms with E-state index in [4.69, 9.17) is 4.74 Å². The molecule has 0 saturated carbocycles. The van der Waals surface area contributed by atoms with Crippen LogP contribution in [0.2, 0.25) is 0 Å². The van der Waals surface area contributed by atoms with Crippen LogP contribution in [0.4, 0.5) is 0 Å². The van der Waals surface area contributed by atoms with E-state index < -0.39 is 12.1 Å². The largest absolute Gasteiger partial charge is 0.466 e. The van der Waals surface area contributed by atoms with Crippen molar-refractivity contribution in [3.8, 4) is 0 Å². The lowest BCUT2D eigenvalue weighted by Crippen LogP contribution is -2.45. The van der Waals surface area contributed by atoms with E-state index in [2.05, 4.69) is 43.5 Å². The summed E-state index contributed by atoms with van der Waals surface area (Å²) < 4.78 is 5.52. The van der Waals surface area contributed by atoms with Gasteiger partial charge in [-0.25, -0.2) is 0 Å². The molecule has 0 fully saturated rings. The molecule has 508 valence electrons. The highest BCUT2D eigenvalue weighted by molar-refractivity contribution is 5.76. The molecule has 0 rings (SSSR count). The van der Waals surface area contributed by atoms with Gasteiger partial charge in [0.1, 0.15) is 0 Å². The second-order valence-corrected chi connectivity index (χ2v) is 27.0. The molecule has 0 aromatic heterocycles. The van der Waals surface area contributed by atoms with Crippen molar-refractivity contribution in [3.63, 3.8) is 0 Å². The first-order chi connectivity index (χ1) is 42.5. The molecule has 0 saturated heterocycles. The topological polar surface area (TPSA) is 95.9 Å². The van der Waals surface area contributed by atoms with E-state index in [1.54, 1.807) is 6.08 Å². The van der Waals surface area contributed by atoms with Gasteiger partial charge in [-0.3, -0.25) is 9.59 Å². The van der Waals surface area contributed by atoms with Gasteiger partial charge < -0.3 is 20.3 Å². The molecule has 0 aromatic rings. The van der Waals surface area contributed by atoms with E-state index >= 15 is 0 Å². The number of aliphatic hydroxyl groups is 2. The van der Waals surface area contributed by atoms with Crippen molar-refractivity contribution in [2.24, 2.45) is 0 Å². The van der Waals surface area contributed by atoms with Crippen LogP contribution in [-0.2, 0) is 14.3 Å². The minimum absolute atomic E-state index is 0.0206. The number of carbonyl (C=O) groups excluding carboxylic acids is 2. The number of rotatable bonds is 74. The molecule has 86 heavy (non-hydrogen) atoms. The van der Waals surface area contributed by atoms with Crippen LogP contribution in [-0.4, -0.2) is 47.4 Å². The van der Waals surface area contributed by atoms with Crippen LogP contribution in [0.1, 0.15) is 438 Å². The number of ether oxygens (including phenoxy) is 1. The van der Waals surface area contributed by atoms with E-state index in [1.807, 2.05) is 6.08 Å². The Balaban J connectivity index is 3.27. The number of hydrogen-bond donors (Lipinski definition) is 3. The van der Waals surface area contributed by atoms with Gasteiger partial charge in [-0.15, -0.1) is 0 Å². The van der Waals surface area contributed by atoms with Gasteiger partial charge in [0.2, 0.25) is 5.91 Å². The minimum atomic E-state index is -0.838. The number of unbranched alkanes of at least 4 members (excludes halogenated alkanes) is 59. The quantitative estimate of drug-likeness (QED) is 0.0320. The molecular formula is C80H153NO5. The Labute approximate surface area is 538 Å². The van der Waals surface area contributed by atoms with Crippen LogP contribution in [0.15, 0.2) is 36.5 Å². The Hall–Kier alpha value is -1.92. The number of hydrogen-bond acceptors (Lipinski definition) is 5. The van der Waals surface area contributed by atoms with E-state index in [9.17, 15) is 19.8 Å². The lowest BCUT2D eigenvalue weighted by atomic mass is 10.0. The molecule has 2 atom stereocenters. The Morgan fingerprint density at radius 3 is 0.907 bits per heavy atom. The predicted molar refractivity (Wildman–Crippen MR) is 379 cm³/mol. The Morgan fingerprint density at radius 1 is 0.326 bits per heavy atom. The zero-order chi connectivity index (χ0) is 62.0. The average Bonchev–Trinajstić information content (AvgIpc) is 3.58. The van der Waals surface area contributed by atoms with Crippen molar-refractivity contribution in [3.05, 3.63) is 36.5 Å². The molecular weight excluding hydrogens is 1050 g/mol. The number of allylic oxidation sites excluding steroid dienone is 5. The lowest BCUT2D eigenvalue weighted by Gasteiger charge is -2.20. The van der Waals surface area contributed by atoms with Crippen molar-refractivity contribution >= 4 is 11.9 Å². The number of nitrogens with one attached hydrogen (secondary N) is 1. The van der Waals surface area contributed by atoms with E-state index in [1.165, 1.54) is 366 Å². The Morgan fingerprint density at radius 2 is 0.581 bits per heavy atom. The third kappa shape index (κ3) is 71.2. The van der Waals surface area contributed by atoms with Crippen LogP contribution in [0.5, 0.6) is 0 Å². The summed E-state index contributed by atoms with van der Waals surface area (Å²) in [5, 5.41) is 23.1. The van der Waals surface area contributed by atoms with Crippen molar-refractivity contribution in [2.75, 3.05) is 13.2 Å². The van der Waals surface area contributed by atoms with Crippen LogP contribution in [0, 0.1) is 0 Å². The second kappa shape index (κ2) is 75.5. The molecule has 0 bridgehead atoms. The minimum Gasteiger partial charge on any atom is -0.466 e. The first-order valence-electron chi connectivity index (χ1n) is 39.3. The molecule has 6 heteroatoms. The van der Waals surface area contributed by atoms with Crippen LogP contribution < -0.4 is 5.32 Å². The van der Waals surface area contributed by atoms with Gasteiger partial charge in [0.15, 0.2) is 0 Å². The molecule has 3 N–H and O–H groups in total. The van der Waals surface area contributed by atoms with Gasteiger partial charge in [-0.2, -0.15) is 0 Å². The number of amides is 1. The average molecular weight is 1210 g/mol. The Kier molecular flexibility index (Phi) is 73.9. The van der Waals surface area contributed by atoms with Gasteiger partial charge in [-0.1, -0.05) is 397 Å². The molecule has 0 radical (unpaired) electrons. The summed E-state index contributed by atoms with van der Waals surface area (Å²) in [6, 6.07) is -0.621. The number of aliphatic hydroxyl groups excluding tert-OH is 2.